The minimum Gasteiger partial charge on any atom is -0.494 e. The molecule has 0 aliphatic heterocycles. The van der Waals surface area contributed by atoms with Gasteiger partial charge in [-0.25, -0.2) is 19.2 Å². The van der Waals surface area contributed by atoms with Gasteiger partial charge in [-0.2, -0.15) is 0 Å². The maximum Gasteiger partial charge on any atom is 0.343 e. The SMILES string of the molecule is C=CC(=O)OCCCCOc1ccc(C(=O)Oc2ccc(OC(=O)c3ccc(SC(=O)c4ccc(OCCCCOC(=O)C=C)cc4)cc3)cc2)cc1.CC. The number of carbonyl (C=O) groups is 5. The van der Waals surface area contributed by atoms with Crippen LogP contribution in [0.4, 0.5) is 0 Å². The highest BCUT2D eigenvalue weighted by molar-refractivity contribution is 8.14. The van der Waals surface area contributed by atoms with Crippen molar-refractivity contribution >= 4 is 40.8 Å². The van der Waals surface area contributed by atoms with Crippen molar-refractivity contribution in [1.29, 1.82) is 0 Å². The number of thioether (sulfide) groups is 1. The lowest BCUT2D eigenvalue weighted by molar-refractivity contribution is -0.138. The smallest absolute Gasteiger partial charge is 0.343 e. The second-order valence-corrected chi connectivity index (χ2v) is 12.1. The van der Waals surface area contributed by atoms with Crippen LogP contribution < -0.4 is 18.9 Å². The monoisotopic (exact) mass is 768 g/mol. The van der Waals surface area contributed by atoms with Crippen LogP contribution in [0.15, 0.2) is 127 Å². The van der Waals surface area contributed by atoms with Crippen molar-refractivity contribution in [3.8, 4) is 23.0 Å². The van der Waals surface area contributed by atoms with Crippen molar-refractivity contribution in [1.82, 2.24) is 0 Å². The molecule has 0 unspecified atom stereocenters. The fourth-order valence-electron chi connectivity index (χ4n) is 4.36. The Hall–Kier alpha value is -6.14. The summed E-state index contributed by atoms with van der Waals surface area (Å²) in [5, 5.41) is -0.170. The van der Waals surface area contributed by atoms with E-state index in [1.165, 1.54) is 24.3 Å². The number of carbonyl (C=O) groups excluding carboxylic acids is 5. The molecule has 55 heavy (non-hydrogen) atoms. The van der Waals surface area contributed by atoms with Gasteiger partial charge in [-0.05, 0) is 135 Å². The third-order valence-corrected chi connectivity index (χ3v) is 8.09. The second kappa shape index (κ2) is 24.2. The Bertz CT molecular complexity index is 1850. The van der Waals surface area contributed by atoms with E-state index < -0.39 is 23.9 Å². The van der Waals surface area contributed by atoms with Crippen molar-refractivity contribution < 1.29 is 52.4 Å². The molecule has 4 aromatic carbocycles. The van der Waals surface area contributed by atoms with Gasteiger partial charge in [0.1, 0.15) is 23.0 Å². The maximum absolute atomic E-state index is 12.8. The highest BCUT2D eigenvalue weighted by Gasteiger charge is 2.14. The largest absolute Gasteiger partial charge is 0.494 e. The van der Waals surface area contributed by atoms with E-state index in [2.05, 4.69) is 13.2 Å². The van der Waals surface area contributed by atoms with Crippen LogP contribution in [0.2, 0.25) is 0 Å². The van der Waals surface area contributed by atoms with Gasteiger partial charge < -0.3 is 28.4 Å². The molecule has 0 aliphatic rings. The molecule has 11 nitrogen and oxygen atoms in total. The lowest BCUT2D eigenvalue weighted by Crippen LogP contribution is -2.09. The molecule has 0 N–H and O–H groups in total. The molecule has 0 aliphatic carbocycles. The van der Waals surface area contributed by atoms with E-state index >= 15 is 0 Å². The predicted octanol–water partition coefficient (Wildman–Crippen LogP) is 8.86. The van der Waals surface area contributed by atoms with Crippen molar-refractivity contribution in [2.24, 2.45) is 0 Å². The molecule has 0 aromatic heterocycles. The summed E-state index contributed by atoms with van der Waals surface area (Å²) in [6.45, 7) is 12.1. The molecule has 0 saturated carbocycles. The Labute approximate surface area is 325 Å². The van der Waals surface area contributed by atoms with Crippen molar-refractivity contribution in [3.63, 3.8) is 0 Å². The van der Waals surface area contributed by atoms with Gasteiger partial charge in [0.15, 0.2) is 0 Å². The lowest BCUT2D eigenvalue weighted by atomic mass is 10.2. The quantitative estimate of drug-likeness (QED) is 0.0279. The summed E-state index contributed by atoms with van der Waals surface area (Å²) in [4.78, 5) is 60.9. The van der Waals surface area contributed by atoms with Gasteiger partial charge in [-0.15, -0.1) is 0 Å². The zero-order valence-corrected chi connectivity index (χ0v) is 31.7. The van der Waals surface area contributed by atoms with Crippen LogP contribution >= 0.6 is 11.8 Å². The Morgan fingerprint density at radius 2 is 0.836 bits per heavy atom. The molecule has 4 aromatic rings. The number of hydrogen-bond acceptors (Lipinski definition) is 12. The van der Waals surface area contributed by atoms with Crippen LogP contribution in [0.3, 0.4) is 0 Å². The third kappa shape index (κ3) is 15.8. The van der Waals surface area contributed by atoms with Gasteiger partial charge in [0.05, 0.1) is 37.6 Å². The standard InChI is InChI=1S/C41H38O11S.C2H6/c1-3-37(42)49-27-7-5-25-47-32-15-9-29(10-16-32)39(44)51-34-19-21-35(22-20-34)52-40(45)30-13-23-36(24-14-30)53-41(46)31-11-17-33(18-12-31)48-26-6-8-28-50-38(43)4-2;1-2/h3-4,9-24H,1-2,5-8,25-28H2;1-2H3. The van der Waals surface area contributed by atoms with Crippen LogP contribution in [0.5, 0.6) is 23.0 Å². The van der Waals surface area contributed by atoms with Crippen molar-refractivity contribution in [2.45, 2.75) is 44.4 Å². The predicted molar refractivity (Wildman–Crippen MR) is 209 cm³/mol. The third-order valence-electron chi connectivity index (χ3n) is 7.16. The molecule has 0 heterocycles. The van der Waals surface area contributed by atoms with Crippen molar-refractivity contribution in [2.75, 3.05) is 26.4 Å². The number of rotatable bonds is 20. The first-order chi connectivity index (χ1) is 26.7. The van der Waals surface area contributed by atoms with Gasteiger partial charge >= 0.3 is 23.9 Å². The lowest BCUT2D eigenvalue weighted by Gasteiger charge is -2.09. The number of hydrogen-bond donors (Lipinski definition) is 0. The Morgan fingerprint density at radius 3 is 1.24 bits per heavy atom. The van der Waals surface area contributed by atoms with E-state index in [1.54, 1.807) is 72.8 Å². The molecule has 0 fully saturated rings. The summed E-state index contributed by atoms with van der Waals surface area (Å²) in [7, 11) is 0. The number of unbranched alkanes of at least 4 members (excludes halogenated alkanes) is 2. The Balaban J connectivity index is 0.00000399. The average Bonchev–Trinajstić information content (AvgIpc) is 3.22. The minimum absolute atomic E-state index is 0.170. The molecule has 0 spiro atoms. The van der Waals surface area contributed by atoms with Crippen LogP contribution in [0, 0.1) is 0 Å². The van der Waals surface area contributed by atoms with E-state index in [4.69, 9.17) is 28.4 Å². The first-order valence-electron chi connectivity index (χ1n) is 17.6. The second-order valence-electron chi connectivity index (χ2n) is 11.1. The van der Waals surface area contributed by atoms with Gasteiger partial charge in [-0.3, -0.25) is 4.79 Å². The van der Waals surface area contributed by atoms with Crippen LogP contribution in [0.1, 0.15) is 70.6 Å². The molecule has 12 heteroatoms. The molecular formula is C43H44O11S. The summed E-state index contributed by atoms with van der Waals surface area (Å²) < 4.78 is 32.1. The highest BCUT2D eigenvalue weighted by Crippen LogP contribution is 2.26. The fourth-order valence-corrected chi connectivity index (χ4v) is 5.10. The van der Waals surface area contributed by atoms with Crippen LogP contribution in [0.25, 0.3) is 0 Å². The summed E-state index contributed by atoms with van der Waals surface area (Å²) in [5.41, 5.74) is 1.11. The summed E-state index contributed by atoms with van der Waals surface area (Å²) in [6, 6.07) is 25.8. The molecule has 4 rings (SSSR count). The Kier molecular flexibility index (Phi) is 19.1. The normalized spacial score (nSPS) is 10.1. The zero-order chi connectivity index (χ0) is 39.8. The van der Waals surface area contributed by atoms with E-state index in [1.807, 2.05) is 13.8 Å². The fraction of sp³-hybridized carbons (Fsp3) is 0.233. The molecular weight excluding hydrogens is 725 g/mol. The highest BCUT2D eigenvalue weighted by atomic mass is 32.2. The molecule has 0 radical (unpaired) electrons. The summed E-state index contributed by atoms with van der Waals surface area (Å²) in [5.74, 6) is -0.339. The molecule has 0 saturated heterocycles. The van der Waals surface area contributed by atoms with E-state index in [-0.39, 0.29) is 16.6 Å². The Morgan fingerprint density at radius 1 is 0.491 bits per heavy atom. The van der Waals surface area contributed by atoms with Gasteiger partial charge in [-0.1, -0.05) is 27.0 Å². The molecule has 0 amide bonds. The maximum atomic E-state index is 12.8. The molecule has 0 bridgehead atoms. The summed E-state index contributed by atoms with van der Waals surface area (Å²) in [6.07, 6.45) is 4.93. The number of esters is 4. The van der Waals surface area contributed by atoms with Crippen molar-refractivity contribution in [3.05, 3.63) is 139 Å². The summed E-state index contributed by atoms with van der Waals surface area (Å²) >= 11 is 1.03. The van der Waals surface area contributed by atoms with E-state index in [0.717, 1.165) is 23.9 Å². The first-order valence-corrected chi connectivity index (χ1v) is 18.5. The first kappa shape index (κ1) is 43.3. The number of benzene rings is 4. The minimum atomic E-state index is -0.593. The average molecular weight is 769 g/mol. The van der Waals surface area contributed by atoms with Crippen LogP contribution in [-0.4, -0.2) is 55.4 Å². The van der Waals surface area contributed by atoms with Gasteiger partial charge in [0.2, 0.25) is 5.12 Å². The van der Waals surface area contributed by atoms with Crippen LogP contribution in [-0.2, 0) is 19.1 Å². The topological polar surface area (TPSA) is 141 Å². The molecule has 0 atom stereocenters. The van der Waals surface area contributed by atoms with Gasteiger partial charge in [0, 0.05) is 22.6 Å². The van der Waals surface area contributed by atoms with E-state index in [9.17, 15) is 24.0 Å². The molecule has 288 valence electrons. The van der Waals surface area contributed by atoms with E-state index in [0.29, 0.717) is 85.2 Å². The van der Waals surface area contributed by atoms with Gasteiger partial charge in [0.25, 0.3) is 0 Å². The number of ether oxygens (including phenoxy) is 6. The zero-order valence-electron chi connectivity index (χ0n) is 30.9.